The van der Waals surface area contributed by atoms with E-state index in [9.17, 15) is 0 Å². The predicted molar refractivity (Wildman–Crippen MR) is 75.6 cm³/mol. The summed E-state index contributed by atoms with van der Waals surface area (Å²) in [6.45, 7) is 9.35. The van der Waals surface area contributed by atoms with Crippen molar-refractivity contribution in [1.29, 1.82) is 0 Å². The summed E-state index contributed by atoms with van der Waals surface area (Å²) >= 11 is 1.85. The number of rotatable bonds is 4. The highest BCUT2D eigenvalue weighted by Gasteiger charge is 2.22. The highest BCUT2D eigenvalue weighted by molar-refractivity contribution is 7.10. The van der Waals surface area contributed by atoms with Gasteiger partial charge in [0, 0.05) is 23.0 Å². The van der Waals surface area contributed by atoms with E-state index in [-0.39, 0.29) is 0 Å². The molecule has 1 aliphatic rings. The first-order valence-corrected chi connectivity index (χ1v) is 7.58. The van der Waals surface area contributed by atoms with Gasteiger partial charge in [-0.3, -0.25) is 0 Å². The maximum atomic E-state index is 3.76. The van der Waals surface area contributed by atoms with Crippen LogP contribution in [0.1, 0.15) is 44.5 Å². The van der Waals surface area contributed by atoms with Gasteiger partial charge < -0.3 is 10.2 Å². The van der Waals surface area contributed by atoms with Gasteiger partial charge in [-0.25, -0.2) is 0 Å². The first-order valence-electron chi connectivity index (χ1n) is 6.70. The summed E-state index contributed by atoms with van der Waals surface area (Å²) in [6, 6.07) is 6.27. The SMILES string of the molecule is CC(NC1CCN(C(C)C)CC1)c1cccs1. The molecule has 3 heteroatoms. The summed E-state index contributed by atoms with van der Waals surface area (Å²) in [5.74, 6) is 0. The molecule has 0 aliphatic carbocycles. The van der Waals surface area contributed by atoms with E-state index in [0.717, 1.165) is 0 Å². The minimum absolute atomic E-state index is 0.505. The zero-order valence-electron chi connectivity index (χ0n) is 11.1. The fourth-order valence-electron chi connectivity index (χ4n) is 2.56. The molecule has 2 rings (SSSR count). The van der Waals surface area contributed by atoms with Crippen molar-refractivity contribution < 1.29 is 0 Å². The topological polar surface area (TPSA) is 15.3 Å². The third-order valence-corrected chi connectivity index (χ3v) is 4.77. The summed E-state index contributed by atoms with van der Waals surface area (Å²) in [6.07, 6.45) is 2.57. The van der Waals surface area contributed by atoms with Crippen molar-refractivity contribution in [3.63, 3.8) is 0 Å². The number of nitrogens with one attached hydrogen (secondary N) is 1. The van der Waals surface area contributed by atoms with Crippen LogP contribution in [0.2, 0.25) is 0 Å². The zero-order chi connectivity index (χ0) is 12.3. The van der Waals surface area contributed by atoms with Gasteiger partial charge in [-0.05, 0) is 58.1 Å². The van der Waals surface area contributed by atoms with Gasteiger partial charge in [0.05, 0.1) is 0 Å². The summed E-state index contributed by atoms with van der Waals surface area (Å²) in [4.78, 5) is 4.03. The van der Waals surface area contributed by atoms with Crippen LogP contribution in [0.5, 0.6) is 0 Å². The molecule has 1 aliphatic heterocycles. The third kappa shape index (κ3) is 3.54. The van der Waals surface area contributed by atoms with E-state index in [1.807, 2.05) is 11.3 Å². The molecule has 1 saturated heterocycles. The monoisotopic (exact) mass is 252 g/mol. The molecular formula is C14H24N2S. The van der Waals surface area contributed by atoms with Crippen molar-refractivity contribution >= 4 is 11.3 Å². The molecule has 0 spiro atoms. The summed E-state index contributed by atoms with van der Waals surface area (Å²) in [5.41, 5.74) is 0. The quantitative estimate of drug-likeness (QED) is 0.885. The number of hydrogen-bond donors (Lipinski definition) is 1. The standard InChI is InChI=1S/C14H24N2S/c1-11(2)16-8-6-13(7-9-16)15-12(3)14-5-4-10-17-14/h4-5,10-13,15H,6-9H2,1-3H3. The molecule has 1 atom stereocenters. The fraction of sp³-hybridized carbons (Fsp3) is 0.714. The first-order chi connectivity index (χ1) is 8.16. The number of thiophene rings is 1. The Bertz CT molecular complexity index is 313. The highest BCUT2D eigenvalue weighted by atomic mass is 32.1. The smallest absolute Gasteiger partial charge is 0.0388 e. The Morgan fingerprint density at radius 2 is 2.00 bits per heavy atom. The molecule has 17 heavy (non-hydrogen) atoms. The molecule has 2 heterocycles. The zero-order valence-corrected chi connectivity index (χ0v) is 12.0. The van der Waals surface area contributed by atoms with Crippen molar-refractivity contribution in [1.82, 2.24) is 10.2 Å². The number of nitrogens with zero attached hydrogens (tertiary/aromatic N) is 1. The van der Waals surface area contributed by atoms with Crippen molar-refractivity contribution in [2.45, 2.75) is 51.7 Å². The molecule has 0 aromatic carbocycles. The Labute approximate surface area is 109 Å². The molecule has 96 valence electrons. The molecule has 1 aromatic heterocycles. The molecule has 1 fully saturated rings. The minimum atomic E-state index is 0.505. The van der Waals surface area contributed by atoms with Gasteiger partial charge in [0.1, 0.15) is 0 Å². The van der Waals surface area contributed by atoms with Crippen LogP contribution in [0, 0.1) is 0 Å². The lowest BCUT2D eigenvalue weighted by atomic mass is 10.0. The van der Waals surface area contributed by atoms with E-state index in [1.165, 1.54) is 30.8 Å². The van der Waals surface area contributed by atoms with Gasteiger partial charge in [-0.15, -0.1) is 11.3 Å². The Balaban J connectivity index is 1.78. The Morgan fingerprint density at radius 1 is 1.29 bits per heavy atom. The lowest BCUT2D eigenvalue weighted by Gasteiger charge is -2.36. The van der Waals surface area contributed by atoms with Crippen molar-refractivity contribution in [3.05, 3.63) is 22.4 Å². The summed E-state index contributed by atoms with van der Waals surface area (Å²) in [5, 5.41) is 5.93. The average molecular weight is 252 g/mol. The Kier molecular flexibility index (Phi) is 4.60. The second-order valence-electron chi connectivity index (χ2n) is 5.31. The molecule has 0 amide bonds. The second kappa shape index (κ2) is 5.98. The van der Waals surface area contributed by atoms with E-state index in [2.05, 4.69) is 48.5 Å². The maximum Gasteiger partial charge on any atom is 0.0388 e. The van der Waals surface area contributed by atoms with Crippen LogP contribution >= 0.6 is 11.3 Å². The van der Waals surface area contributed by atoms with E-state index in [1.54, 1.807) is 0 Å². The van der Waals surface area contributed by atoms with Crippen LogP contribution < -0.4 is 5.32 Å². The third-order valence-electron chi connectivity index (χ3n) is 3.72. The highest BCUT2D eigenvalue weighted by Crippen LogP contribution is 2.21. The second-order valence-corrected chi connectivity index (χ2v) is 6.29. The van der Waals surface area contributed by atoms with Gasteiger partial charge in [-0.1, -0.05) is 6.07 Å². The van der Waals surface area contributed by atoms with E-state index >= 15 is 0 Å². The van der Waals surface area contributed by atoms with Crippen LogP contribution in [0.3, 0.4) is 0 Å². The van der Waals surface area contributed by atoms with Crippen LogP contribution in [-0.4, -0.2) is 30.1 Å². The molecule has 1 unspecified atom stereocenters. The van der Waals surface area contributed by atoms with E-state index in [4.69, 9.17) is 0 Å². The van der Waals surface area contributed by atoms with Crippen LogP contribution in [0.25, 0.3) is 0 Å². The lowest BCUT2D eigenvalue weighted by molar-refractivity contribution is 0.157. The Morgan fingerprint density at radius 3 is 2.53 bits per heavy atom. The van der Waals surface area contributed by atoms with E-state index < -0.39 is 0 Å². The van der Waals surface area contributed by atoms with Crippen molar-refractivity contribution in [3.8, 4) is 0 Å². The molecular weight excluding hydrogens is 228 g/mol. The largest absolute Gasteiger partial charge is 0.307 e. The van der Waals surface area contributed by atoms with Gasteiger partial charge in [0.2, 0.25) is 0 Å². The molecule has 1 aromatic rings. The van der Waals surface area contributed by atoms with Crippen molar-refractivity contribution in [2.24, 2.45) is 0 Å². The van der Waals surface area contributed by atoms with Crippen LogP contribution in [-0.2, 0) is 0 Å². The fourth-order valence-corrected chi connectivity index (χ4v) is 3.30. The molecule has 0 radical (unpaired) electrons. The van der Waals surface area contributed by atoms with Crippen LogP contribution in [0.4, 0.5) is 0 Å². The normalized spacial score (nSPS) is 20.9. The first kappa shape index (κ1) is 13.1. The van der Waals surface area contributed by atoms with Crippen LogP contribution in [0.15, 0.2) is 17.5 Å². The number of likely N-dealkylation sites (tertiary alicyclic amines) is 1. The van der Waals surface area contributed by atoms with Gasteiger partial charge in [0.15, 0.2) is 0 Å². The molecule has 0 bridgehead atoms. The molecule has 1 N–H and O–H groups in total. The van der Waals surface area contributed by atoms with Gasteiger partial charge in [-0.2, -0.15) is 0 Å². The lowest BCUT2D eigenvalue weighted by Crippen LogP contribution is -2.45. The van der Waals surface area contributed by atoms with Gasteiger partial charge in [0.25, 0.3) is 0 Å². The Hall–Kier alpha value is -0.380. The number of hydrogen-bond acceptors (Lipinski definition) is 3. The number of piperidine rings is 1. The molecule has 2 nitrogen and oxygen atoms in total. The maximum absolute atomic E-state index is 3.76. The van der Waals surface area contributed by atoms with Gasteiger partial charge >= 0.3 is 0 Å². The van der Waals surface area contributed by atoms with E-state index in [0.29, 0.717) is 18.1 Å². The predicted octanol–water partition coefficient (Wildman–Crippen LogP) is 3.27. The molecule has 0 saturated carbocycles. The minimum Gasteiger partial charge on any atom is -0.307 e. The average Bonchev–Trinajstić information content (AvgIpc) is 2.83. The summed E-state index contributed by atoms with van der Waals surface area (Å²) in [7, 11) is 0. The summed E-state index contributed by atoms with van der Waals surface area (Å²) < 4.78 is 0. The van der Waals surface area contributed by atoms with Crippen molar-refractivity contribution in [2.75, 3.05) is 13.1 Å².